The minimum absolute atomic E-state index is 0.00688. The molecule has 1 rings (SSSR count). The van der Waals surface area contributed by atoms with Crippen molar-refractivity contribution >= 4 is 5.91 Å². The molecule has 3 heteroatoms. The van der Waals surface area contributed by atoms with E-state index in [-0.39, 0.29) is 18.1 Å². The van der Waals surface area contributed by atoms with Crippen LogP contribution in [0.1, 0.15) is 64.7 Å². The molecule has 0 radical (unpaired) electrons. The third kappa shape index (κ3) is 4.97. The van der Waals surface area contributed by atoms with Crippen LogP contribution in [0.25, 0.3) is 0 Å². The number of amides is 1. The SMILES string of the molecule is CCCCCCC(=O)N[C@@H]1CCCC[C@H]1O. The molecular weight excluding hydrogens is 202 g/mol. The van der Waals surface area contributed by atoms with Crippen LogP contribution in [0.4, 0.5) is 0 Å². The topological polar surface area (TPSA) is 49.3 Å². The Morgan fingerprint density at radius 2 is 2.00 bits per heavy atom. The number of aliphatic hydroxyl groups is 1. The first kappa shape index (κ1) is 13.5. The first-order chi connectivity index (χ1) is 7.74. The first-order valence-corrected chi connectivity index (χ1v) is 6.71. The van der Waals surface area contributed by atoms with Gasteiger partial charge in [-0.2, -0.15) is 0 Å². The number of unbranched alkanes of at least 4 members (excludes halogenated alkanes) is 3. The summed E-state index contributed by atoms with van der Waals surface area (Å²) in [5.41, 5.74) is 0. The van der Waals surface area contributed by atoms with E-state index in [0.29, 0.717) is 6.42 Å². The van der Waals surface area contributed by atoms with E-state index in [9.17, 15) is 9.90 Å². The molecule has 0 saturated heterocycles. The van der Waals surface area contributed by atoms with Gasteiger partial charge in [-0.25, -0.2) is 0 Å². The maximum absolute atomic E-state index is 11.6. The Balaban J connectivity index is 2.12. The maximum Gasteiger partial charge on any atom is 0.220 e. The van der Waals surface area contributed by atoms with Crippen molar-refractivity contribution in [3.63, 3.8) is 0 Å². The molecule has 1 aliphatic rings. The van der Waals surface area contributed by atoms with Gasteiger partial charge in [0.25, 0.3) is 0 Å². The number of aliphatic hydroxyl groups excluding tert-OH is 1. The van der Waals surface area contributed by atoms with Crippen LogP contribution in [-0.4, -0.2) is 23.2 Å². The summed E-state index contributed by atoms with van der Waals surface area (Å²) in [5.74, 6) is 0.113. The zero-order valence-corrected chi connectivity index (χ0v) is 10.4. The summed E-state index contributed by atoms with van der Waals surface area (Å²) in [6.45, 7) is 2.17. The average Bonchev–Trinajstić information content (AvgIpc) is 2.28. The van der Waals surface area contributed by atoms with E-state index in [2.05, 4.69) is 12.2 Å². The summed E-state index contributed by atoms with van der Waals surface area (Å²) < 4.78 is 0. The van der Waals surface area contributed by atoms with Gasteiger partial charge < -0.3 is 10.4 Å². The Morgan fingerprint density at radius 1 is 1.25 bits per heavy atom. The highest BCUT2D eigenvalue weighted by Gasteiger charge is 2.23. The quantitative estimate of drug-likeness (QED) is 0.684. The van der Waals surface area contributed by atoms with Gasteiger partial charge in [-0.1, -0.05) is 39.0 Å². The Labute approximate surface area is 98.6 Å². The van der Waals surface area contributed by atoms with Crippen LogP contribution < -0.4 is 5.32 Å². The summed E-state index contributed by atoms with van der Waals surface area (Å²) >= 11 is 0. The van der Waals surface area contributed by atoms with Gasteiger partial charge in [0.2, 0.25) is 5.91 Å². The molecule has 0 aromatic heterocycles. The van der Waals surface area contributed by atoms with Crippen molar-refractivity contribution < 1.29 is 9.90 Å². The number of carbonyl (C=O) groups excluding carboxylic acids is 1. The fourth-order valence-corrected chi connectivity index (χ4v) is 2.27. The fourth-order valence-electron chi connectivity index (χ4n) is 2.27. The van der Waals surface area contributed by atoms with Crippen molar-refractivity contribution in [1.82, 2.24) is 5.32 Å². The third-order valence-corrected chi connectivity index (χ3v) is 3.33. The Bertz CT molecular complexity index is 206. The van der Waals surface area contributed by atoms with Gasteiger partial charge in [0.15, 0.2) is 0 Å². The highest BCUT2D eigenvalue weighted by atomic mass is 16.3. The number of nitrogens with one attached hydrogen (secondary N) is 1. The lowest BCUT2D eigenvalue weighted by atomic mass is 9.92. The molecule has 2 atom stereocenters. The van der Waals surface area contributed by atoms with Crippen molar-refractivity contribution in [3.8, 4) is 0 Å². The highest BCUT2D eigenvalue weighted by Crippen LogP contribution is 2.18. The van der Waals surface area contributed by atoms with E-state index in [1.54, 1.807) is 0 Å². The Hall–Kier alpha value is -0.570. The number of rotatable bonds is 6. The number of carbonyl (C=O) groups is 1. The maximum atomic E-state index is 11.6. The molecule has 0 heterocycles. The van der Waals surface area contributed by atoms with Crippen LogP contribution >= 0.6 is 0 Å². The van der Waals surface area contributed by atoms with Crippen LogP contribution in [0.15, 0.2) is 0 Å². The zero-order chi connectivity index (χ0) is 11.8. The van der Waals surface area contributed by atoms with E-state index in [0.717, 1.165) is 38.5 Å². The van der Waals surface area contributed by atoms with Gasteiger partial charge in [0.1, 0.15) is 0 Å². The molecule has 1 amide bonds. The molecular formula is C13H25NO2. The molecule has 94 valence electrons. The second-order valence-corrected chi connectivity index (χ2v) is 4.84. The lowest BCUT2D eigenvalue weighted by Crippen LogP contribution is -2.44. The summed E-state index contributed by atoms with van der Waals surface area (Å²) in [7, 11) is 0. The zero-order valence-electron chi connectivity index (χ0n) is 10.4. The van der Waals surface area contributed by atoms with Crippen molar-refractivity contribution in [2.45, 2.75) is 76.9 Å². The van der Waals surface area contributed by atoms with Crippen LogP contribution in [-0.2, 0) is 4.79 Å². The number of hydrogen-bond donors (Lipinski definition) is 2. The van der Waals surface area contributed by atoms with Gasteiger partial charge in [-0.3, -0.25) is 4.79 Å². The molecule has 0 spiro atoms. The standard InChI is InChI=1S/C13H25NO2/c1-2-3-4-5-10-13(16)14-11-8-6-7-9-12(11)15/h11-12,15H,2-10H2,1H3,(H,14,16)/t11-,12-/m1/s1. The van der Waals surface area contributed by atoms with Gasteiger partial charge in [0.05, 0.1) is 12.1 Å². The van der Waals surface area contributed by atoms with Gasteiger partial charge in [-0.05, 0) is 19.3 Å². The average molecular weight is 227 g/mol. The van der Waals surface area contributed by atoms with Gasteiger partial charge >= 0.3 is 0 Å². The Kier molecular flexibility index (Phi) is 6.46. The third-order valence-electron chi connectivity index (χ3n) is 3.33. The summed E-state index contributed by atoms with van der Waals surface area (Å²) in [5, 5.41) is 12.7. The second kappa shape index (κ2) is 7.66. The molecule has 1 aliphatic carbocycles. The Morgan fingerprint density at radius 3 is 2.69 bits per heavy atom. The molecule has 0 aliphatic heterocycles. The van der Waals surface area contributed by atoms with Crippen LogP contribution in [0, 0.1) is 0 Å². The highest BCUT2D eigenvalue weighted by molar-refractivity contribution is 5.76. The van der Waals surface area contributed by atoms with E-state index in [1.165, 1.54) is 12.8 Å². The lowest BCUT2D eigenvalue weighted by Gasteiger charge is -2.28. The molecule has 2 N–H and O–H groups in total. The number of hydrogen-bond acceptors (Lipinski definition) is 2. The van der Waals surface area contributed by atoms with Crippen molar-refractivity contribution in [2.75, 3.05) is 0 Å². The van der Waals surface area contributed by atoms with Crippen LogP contribution in [0.3, 0.4) is 0 Å². The molecule has 1 saturated carbocycles. The summed E-state index contributed by atoms with van der Waals surface area (Å²) in [6, 6.07) is 0.00688. The first-order valence-electron chi connectivity index (χ1n) is 6.71. The van der Waals surface area contributed by atoms with Crippen LogP contribution in [0.2, 0.25) is 0 Å². The molecule has 1 fully saturated rings. The largest absolute Gasteiger partial charge is 0.391 e. The minimum Gasteiger partial charge on any atom is -0.391 e. The normalized spacial score (nSPS) is 25.4. The fraction of sp³-hybridized carbons (Fsp3) is 0.923. The van der Waals surface area contributed by atoms with Crippen molar-refractivity contribution in [2.24, 2.45) is 0 Å². The van der Waals surface area contributed by atoms with Gasteiger partial charge in [0, 0.05) is 6.42 Å². The smallest absolute Gasteiger partial charge is 0.220 e. The molecule has 16 heavy (non-hydrogen) atoms. The second-order valence-electron chi connectivity index (χ2n) is 4.84. The van der Waals surface area contributed by atoms with Crippen molar-refractivity contribution in [1.29, 1.82) is 0 Å². The summed E-state index contributed by atoms with van der Waals surface area (Å²) in [4.78, 5) is 11.6. The predicted octanol–water partition coefficient (Wildman–Crippen LogP) is 2.38. The molecule has 0 aromatic carbocycles. The molecule has 0 bridgehead atoms. The molecule has 3 nitrogen and oxygen atoms in total. The summed E-state index contributed by atoms with van der Waals surface area (Å²) in [6.07, 6.45) is 8.78. The van der Waals surface area contributed by atoms with Gasteiger partial charge in [-0.15, -0.1) is 0 Å². The van der Waals surface area contributed by atoms with Crippen molar-refractivity contribution in [3.05, 3.63) is 0 Å². The molecule has 0 unspecified atom stereocenters. The van der Waals surface area contributed by atoms with Crippen LogP contribution in [0.5, 0.6) is 0 Å². The molecule has 0 aromatic rings. The van der Waals surface area contributed by atoms with E-state index in [4.69, 9.17) is 0 Å². The van der Waals surface area contributed by atoms with E-state index >= 15 is 0 Å². The minimum atomic E-state index is -0.326. The monoisotopic (exact) mass is 227 g/mol. The lowest BCUT2D eigenvalue weighted by molar-refractivity contribution is -0.123. The predicted molar refractivity (Wildman–Crippen MR) is 65.2 cm³/mol. The van der Waals surface area contributed by atoms with E-state index in [1.807, 2.05) is 0 Å². The van der Waals surface area contributed by atoms with E-state index < -0.39 is 0 Å².